The van der Waals surface area contributed by atoms with Gasteiger partial charge in [-0.15, -0.1) is 0 Å². The van der Waals surface area contributed by atoms with Crippen LogP contribution in [0.25, 0.3) is 0 Å². The van der Waals surface area contributed by atoms with Crippen molar-refractivity contribution in [1.29, 1.82) is 0 Å². The fourth-order valence-corrected chi connectivity index (χ4v) is 4.78. The van der Waals surface area contributed by atoms with Crippen LogP contribution in [0, 0.1) is 23.3 Å². The van der Waals surface area contributed by atoms with E-state index in [0.717, 1.165) is 24.3 Å². The van der Waals surface area contributed by atoms with Gasteiger partial charge < -0.3 is 29.9 Å². The van der Waals surface area contributed by atoms with Gasteiger partial charge in [-0.05, 0) is 60.7 Å². The summed E-state index contributed by atoms with van der Waals surface area (Å²) >= 11 is 0. The number of halogens is 4. The zero-order chi connectivity index (χ0) is 28.6. The smallest absolute Gasteiger partial charge is 0.133 e. The van der Waals surface area contributed by atoms with Crippen molar-refractivity contribution in [3.05, 3.63) is 118 Å². The third-order valence-corrected chi connectivity index (χ3v) is 6.74. The number of aliphatic hydroxyl groups is 2. The molecule has 4 atom stereocenters. The van der Waals surface area contributed by atoms with Gasteiger partial charge in [0.2, 0.25) is 0 Å². The van der Waals surface area contributed by atoms with Gasteiger partial charge in [-0.25, -0.2) is 17.6 Å². The zero-order valence-electron chi connectivity index (χ0n) is 20.8. The fourth-order valence-electron chi connectivity index (χ4n) is 4.78. The Bertz CT molecular complexity index is 1430. The lowest BCUT2D eigenvalue weighted by atomic mass is 9.94. The second-order valence-electron chi connectivity index (χ2n) is 9.49. The Balaban J connectivity index is 0.000000161. The Hall–Kier alpha value is -4.28. The molecule has 4 aromatic carbocycles. The molecule has 0 aromatic heterocycles. The molecule has 40 heavy (non-hydrogen) atoms. The molecule has 0 fully saturated rings. The maximum absolute atomic E-state index is 13.8. The van der Waals surface area contributed by atoms with Gasteiger partial charge >= 0.3 is 0 Å². The van der Waals surface area contributed by atoms with Crippen LogP contribution in [0.5, 0.6) is 23.0 Å². The third-order valence-electron chi connectivity index (χ3n) is 6.74. The van der Waals surface area contributed by atoms with E-state index in [2.05, 4.69) is 0 Å². The van der Waals surface area contributed by atoms with Gasteiger partial charge in [0, 0.05) is 47.2 Å². The van der Waals surface area contributed by atoms with Gasteiger partial charge in [-0.1, -0.05) is 0 Å². The molecular formula is C30H24F4O6. The zero-order valence-corrected chi connectivity index (χ0v) is 20.8. The molecule has 0 saturated carbocycles. The number of aromatic hydroxyl groups is 2. The van der Waals surface area contributed by atoms with Gasteiger partial charge in [-0.3, -0.25) is 0 Å². The molecule has 0 aliphatic carbocycles. The molecule has 4 unspecified atom stereocenters. The van der Waals surface area contributed by atoms with Crippen LogP contribution in [-0.4, -0.2) is 20.4 Å². The topological polar surface area (TPSA) is 99.4 Å². The van der Waals surface area contributed by atoms with Gasteiger partial charge in [0.25, 0.3) is 0 Å². The number of hydrogen-bond acceptors (Lipinski definition) is 6. The van der Waals surface area contributed by atoms with Crippen molar-refractivity contribution in [3.63, 3.8) is 0 Å². The van der Waals surface area contributed by atoms with Crippen molar-refractivity contribution in [2.24, 2.45) is 0 Å². The first-order chi connectivity index (χ1) is 19.1. The molecule has 6 nitrogen and oxygen atoms in total. The Morgan fingerprint density at radius 1 is 0.525 bits per heavy atom. The number of rotatable bonds is 2. The summed E-state index contributed by atoms with van der Waals surface area (Å²) in [5.74, 6) is -1.91. The van der Waals surface area contributed by atoms with Crippen molar-refractivity contribution in [2.45, 2.75) is 37.3 Å². The summed E-state index contributed by atoms with van der Waals surface area (Å²) in [6, 6.07) is 15.2. The lowest BCUT2D eigenvalue weighted by Crippen LogP contribution is -2.20. The predicted molar refractivity (Wildman–Crippen MR) is 135 cm³/mol. The van der Waals surface area contributed by atoms with E-state index in [9.17, 15) is 38.0 Å². The number of ether oxygens (including phenoxy) is 2. The fraction of sp³-hybridized carbons (Fsp3) is 0.200. The first-order valence-electron chi connectivity index (χ1n) is 12.3. The SMILES string of the molecule is Oc1ccc2c(c1)C(O)CC(c1ccc(F)cc1F)O2.Oc1ccc2c(c1)C(O)CC(c1ccc(F)cc1F)O2. The van der Waals surface area contributed by atoms with Gasteiger partial charge in [0.15, 0.2) is 0 Å². The van der Waals surface area contributed by atoms with E-state index in [1.807, 2.05) is 0 Å². The van der Waals surface area contributed by atoms with E-state index in [-0.39, 0.29) is 35.5 Å². The number of phenolic OH excluding ortho intramolecular Hbond substituents is 2. The Morgan fingerprint density at radius 3 is 1.30 bits per heavy atom. The molecular weight excluding hydrogens is 532 g/mol. The molecule has 2 aliphatic heterocycles. The largest absolute Gasteiger partial charge is 0.508 e. The molecule has 2 heterocycles. The van der Waals surface area contributed by atoms with Crippen LogP contribution in [0.1, 0.15) is 59.5 Å². The van der Waals surface area contributed by atoms with Gasteiger partial charge in [0.05, 0.1) is 12.2 Å². The highest BCUT2D eigenvalue weighted by molar-refractivity contribution is 5.44. The number of aliphatic hydroxyl groups excluding tert-OH is 2. The van der Waals surface area contributed by atoms with Crippen molar-refractivity contribution in [2.75, 3.05) is 0 Å². The first kappa shape index (κ1) is 27.3. The number of fused-ring (bicyclic) bond motifs is 2. The summed E-state index contributed by atoms with van der Waals surface area (Å²) in [5, 5.41) is 38.9. The molecule has 2 aliphatic rings. The Kier molecular flexibility index (Phi) is 7.55. The minimum Gasteiger partial charge on any atom is -0.508 e. The summed E-state index contributed by atoms with van der Waals surface area (Å²) in [6.45, 7) is 0. The van der Waals surface area contributed by atoms with Crippen molar-refractivity contribution in [3.8, 4) is 23.0 Å². The molecule has 0 radical (unpaired) electrons. The Morgan fingerprint density at radius 2 is 0.925 bits per heavy atom. The van der Waals surface area contributed by atoms with E-state index in [4.69, 9.17) is 9.47 Å². The standard InChI is InChI=1S/2C15H12F2O3/c2*16-8-1-3-10(12(17)5-8)15-7-13(19)11-6-9(18)2-4-14(11)20-15/h2*1-6,13,15,18-19H,7H2. The third kappa shape index (κ3) is 5.68. The van der Waals surface area contributed by atoms with Crippen molar-refractivity contribution in [1.82, 2.24) is 0 Å². The van der Waals surface area contributed by atoms with E-state index in [1.54, 1.807) is 0 Å². The van der Waals surface area contributed by atoms with Gasteiger partial charge in [0.1, 0.15) is 58.5 Å². The summed E-state index contributed by atoms with van der Waals surface area (Å²) in [6.07, 6.45) is -2.86. The maximum Gasteiger partial charge on any atom is 0.133 e. The highest BCUT2D eigenvalue weighted by Gasteiger charge is 2.31. The molecule has 0 saturated heterocycles. The maximum atomic E-state index is 13.8. The lowest BCUT2D eigenvalue weighted by Gasteiger charge is -2.30. The molecule has 4 N–H and O–H groups in total. The second kappa shape index (κ2) is 11.1. The minimum absolute atomic E-state index is 0.0258. The highest BCUT2D eigenvalue weighted by atomic mass is 19.1. The van der Waals surface area contributed by atoms with Crippen LogP contribution in [0.15, 0.2) is 72.8 Å². The van der Waals surface area contributed by atoms with Crippen molar-refractivity contribution < 1.29 is 47.5 Å². The van der Waals surface area contributed by atoms with Crippen LogP contribution in [0.4, 0.5) is 17.6 Å². The molecule has 0 spiro atoms. The monoisotopic (exact) mass is 556 g/mol. The molecule has 10 heteroatoms. The molecule has 4 aromatic rings. The number of phenols is 2. The molecule has 0 bridgehead atoms. The minimum atomic E-state index is -0.875. The highest BCUT2D eigenvalue weighted by Crippen LogP contribution is 2.43. The average molecular weight is 557 g/mol. The Labute approximate surface area is 226 Å². The lowest BCUT2D eigenvalue weighted by molar-refractivity contribution is 0.0633. The molecule has 0 amide bonds. The van der Waals surface area contributed by atoms with Gasteiger partial charge in [-0.2, -0.15) is 0 Å². The van der Waals surface area contributed by atoms with Crippen LogP contribution in [0.2, 0.25) is 0 Å². The van der Waals surface area contributed by atoms with Crippen LogP contribution < -0.4 is 9.47 Å². The molecule has 208 valence electrons. The first-order valence-corrected chi connectivity index (χ1v) is 12.3. The van der Waals surface area contributed by atoms with E-state index in [0.29, 0.717) is 22.6 Å². The summed E-state index contributed by atoms with van der Waals surface area (Å²) in [7, 11) is 0. The molecule has 6 rings (SSSR count). The van der Waals surface area contributed by atoms with E-state index >= 15 is 0 Å². The number of benzene rings is 4. The van der Waals surface area contributed by atoms with Crippen molar-refractivity contribution >= 4 is 0 Å². The van der Waals surface area contributed by atoms with Crippen LogP contribution >= 0.6 is 0 Å². The average Bonchev–Trinajstić information content (AvgIpc) is 2.90. The van der Waals surface area contributed by atoms with Crippen LogP contribution in [0.3, 0.4) is 0 Å². The second-order valence-corrected chi connectivity index (χ2v) is 9.49. The summed E-state index contributed by atoms with van der Waals surface area (Å²) in [5.41, 5.74) is 1.32. The summed E-state index contributed by atoms with van der Waals surface area (Å²) in [4.78, 5) is 0. The van der Waals surface area contributed by atoms with E-state index < -0.39 is 47.7 Å². The van der Waals surface area contributed by atoms with Crippen LogP contribution in [-0.2, 0) is 0 Å². The predicted octanol–water partition coefficient (Wildman–Crippen LogP) is 6.46. The quantitative estimate of drug-likeness (QED) is 0.212. The summed E-state index contributed by atoms with van der Waals surface area (Å²) < 4.78 is 64.6. The normalized spacial score (nSPS) is 21.1. The van der Waals surface area contributed by atoms with E-state index in [1.165, 1.54) is 48.5 Å². The number of hydrogen-bond donors (Lipinski definition) is 4.